The fourth-order valence-corrected chi connectivity index (χ4v) is 4.74. The Bertz CT molecular complexity index is 1510. The van der Waals surface area contributed by atoms with Gasteiger partial charge in [0.25, 0.3) is 0 Å². The lowest BCUT2D eigenvalue weighted by Gasteiger charge is -2.29. The first-order valence-corrected chi connectivity index (χ1v) is 12.2. The van der Waals surface area contributed by atoms with Gasteiger partial charge in [0, 0.05) is 13.5 Å². The summed E-state index contributed by atoms with van der Waals surface area (Å²) in [4.78, 5) is 20.0. The van der Waals surface area contributed by atoms with E-state index in [9.17, 15) is 4.79 Å². The van der Waals surface area contributed by atoms with Crippen LogP contribution in [-0.4, -0.2) is 41.1 Å². The number of likely N-dealkylation sites (N-methyl/N-ethyl adjacent to an activating group) is 2. The molecular formula is C30H30N4O2. The van der Waals surface area contributed by atoms with Crippen molar-refractivity contribution in [1.82, 2.24) is 20.4 Å². The summed E-state index contributed by atoms with van der Waals surface area (Å²) >= 11 is 0. The van der Waals surface area contributed by atoms with Gasteiger partial charge in [-0.05, 0) is 53.1 Å². The molecule has 4 aromatic carbocycles. The topological polar surface area (TPSA) is 71.3 Å². The third-order valence-electron chi connectivity index (χ3n) is 6.79. The van der Waals surface area contributed by atoms with Crippen LogP contribution in [0.1, 0.15) is 28.9 Å². The van der Waals surface area contributed by atoms with Crippen LogP contribution in [0.5, 0.6) is 0 Å². The summed E-state index contributed by atoms with van der Waals surface area (Å²) in [7, 11) is 3.64. The van der Waals surface area contributed by atoms with Crippen LogP contribution in [0.15, 0.2) is 89.5 Å². The van der Waals surface area contributed by atoms with Crippen LogP contribution < -0.4 is 5.32 Å². The predicted octanol–water partition coefficient (Wildman–Crippen LogP) is 5.26. The average Bonchev–Trinajstić information content (AvgIpc) is 3.35. The molecule has 5 aromatic rings. The quantitative estimate of drug-likeness (QED) is 0.330. The number of carbonyl (C=O) groups excluding carboxylic acids is 1. The predicted molar refractivity (Wildman–Crippen MR) is 143 cm³/mol. The second-order valence-electron chi connectivity index (χ2n) is 9.26. The Balaban J connectivity index is 1.40. The minimum Gasteiger partial charge on any atom is -0.337 e. The maximum Gasteiger partial charge on any atom is 0.249 e. The number of aromatic nitrogens is 2. The SMILES string of the molecule is CNC(Cc1ccc2ccccc2c1)C(=O)N(C)[C@H](Cc1ccc2ccccc2c1)c1nc(C)no1. The fourth-order valence-electron chi connectivity index (χ4n) is 4.74. The van der Waals surface area contributed by atoms with Crippen LogP contribution in [0.25, 0.3) is 21.5 Å². The van der Waals surface area contributed by atoms with Gasteiger partial charge in [0.05, 0.1) is 6.04 Å². The van der Waals surface area contributed by atoms with E-state index in [0.717, 1.165) is 16.5 Å². The molecule has 36 heavy (non-hydrogen) atoms. The lowest BCUT2D eigenvalue weighted by Crippen LogP contribution is -2.46. The van der Waals surface area contributed by atoms with Crippen molar-refractivity contribution >= 4 is 27.5 Å². The van der Waals surface area contributed by atoms with Gasteiger partial charge in [0.2, 0.25) is 11.8 Å². The zero-order chi connectivity index (χ0) is 25.1. The zero-order valence-corrected chi connectivity index (χ0v) is 20.8. The number of fused-ring (bicyclic) bond motifs is 2. The molecule has 0 spiro atoms. The minimum absolute atomic E-state index is 0.0210. The van der Waals surface area contributed by atoms with Crippen molar-refractivity contribution in [2.24, 2.45) is 0 Å². The van der Waals surface area contributed by atoms with E-state index in [2.05, 4.69) is 76.1 Å². The van der Waals surface area contributed by atoms with Crippen molar-refractivity contribution in [1.29, 1.82) is 0 Å². The number of hydrogen-bond acceptors (Lipinski definition) is 5. The molecule has 182 valence electrons. The van der Waals surface area contributed by atoms with Crippen LogP contribution in [0, 0.1) is 6.92 Å². The number of rotatable bonds is 8. The molecule has 0 saturated heterocycles. The Morgan fingerprint density at radius 3 is 1.94 bits per heavy atom. The maximum atomic E-state index is 13.7. The van der Waals surface area contributed by atoms with Crippen LogP contribution in [-0.2, 0) is 17.6 Å². The summed E-state index contributed by atoms with van der Waals surface area (Å²) < 4.78 is 5.56. The molecule has 6 heteroatoms. The van der Waals surface area contributed by atoms with Crippen LogP contribution in [0.4, 0.5) is 0 Å². The van der Waals surface area contributed by atoms with Crippen LogP contribution in [0.3, 0.4) is 0 Å². The Labute approximate surface area is 210 Å². The van der Waals surface area contributed by atoms with E-state index in [1.165, 1.54) is 16.2 Å². The first-order valence-electron chi connectivity index (χ1n) is 12.2. The van der Waals surface area contributed by atoms with Crippen molar-refractivity contribution in [3.8, 4) is 0 Å². The molecule has 0 aliphatic rings. The minimum atomic E-state index is -0.390. The zero-order valence-electron chi connectivity index (χ0n) is 20.8. The van der Waals surface area contributed by atoms with Gasteiger partial charge in [-0.25, -0.2) is 0 Å². The van der Waals surface area contributed by atoms with E-state index < -0.39 is 0 Å². The number of hydrogen-bond donors (Lipinski definition) is 1. The number of aryl methyl sites for hydroxylation is 1. The van der Waals surface area contributed by atoms with Gasteiger partial charge in [-0.2, -0.15) is 4.98 Å². The molecule has 1 unspecified atom stereocenters. The third kappa shape index (κ3) is 4.99. The third-order valence-corrected chi connectivity index (χ3v) is 6.79. The largest absolute Gasteiger partial charge is 0.337 e. The maximum absolute atomic E-state index is 13.7. The normalized spacial score (nSPS) is 13.1. The van der Waals surface area contributed by atoms with Gasteiger partial charge >= 0.3 is 0 Å². The van der Waals surface area contributed by atoms with Gasteiger partial charge in [-0.15, -0.1) is 0 Å². The molecule has 1 amide bonds. The van der Waals surface area contributed by atoms with Gasteiger partial charge in [-0.3, -0.25) is 4.79 Å². The Morgan fingerprint density at radius 2 is 1.42 bits per heavy atom. The second-order valence-corrected chi connectivity index (χ2v) is 9.26. The van der Waals surface area contributed by atoms with Crippen molar-refractivity contribution < 1.29 is 9.32 Å². The van der Waals surface area contributed by atoms with E-state index in [1.54, 1.807) is 11.8 Å². The standard InChI is InChI=1S/C30H30N4O2/c1-20-32-29(36-33-20)28(19-22-13-15-24-9-5-7-11-26(24)17-22)34(3)30(35)27(31-2)18-21-12-14-23-8-4-6-10-25(23)16-21/h4-17,27-28,31H,18-19H2,1-3H3/t27?,28-/m1/s1. The van der Waals surface area contributed by atoms with E-state index in [4.69, 9.17) is 4.52 Å². The summed E-state index contributed by atoms with van der Waals surface area (Å²) in [5, 5.41) is 11.9. The van der Waals surface area contributed by atoms with Gasteiger partial charge < -0.3 is 14.7 Å². The molecule has 1 N–H and O–H groups in total. The number of benzene rings is 4. The fraction of sp³-hybridized carbons (Fsp3) is 0.233. The molecule has 0 fully saturated rings. The molecule has 0 saturated carbocycles. The smallest absolute Gasteiger partial charge is 0.249 e. The lowest BCUT2D eigenvalue weighted by molar-refractivity contribution is -0.134. The second kappa shape index (κ2) is 10.3. The van der Waals surface area contributed by atoms with E-state index in [0.29, 0.717) is 24.6 Å². The molecule has 2 atom stereocenters. The van der Waals surface area contributed by atoms with Gasteiger partial charge in [0.1, 0.15) is 6.04 Å². The average molecular weight is 479 g/mol. The summed E-state index contributed by atoms with van der Waals surface area (Å²) in [6.07, 6.45) is 1.15. The summed E-state index contributed by atoms with van der Waals surface area (Å²) in [5.41, 5.74) is 2.21. The molecule has 0 aliphatic carbocycles. The molecule has 0 radical (unpaired) electrons. The van der Waals surface area contributed by atoms with Crippen LogP contribution >= 0.6 is 0 Å². The van der Waals surface area contributed by atoms with Gasteiger partial charge in [-0.1, -0.05) is 90.1 Å². The molecule has 0 aliphatic heterocycles. The van der Waals surface area contributed by atoms with Crippen molar-refractivity contribution in [2.45, 2.75) is 31.8 Å². The highest BCUT2D eigenvalue weighted by Gasteiger charge is 2.31. The van der Waals surface area contributed by atoms with Crippen molar-refractivity contribution in [2.75, 3.05) is 14.1 Å². The number of nitrogens with zero attached hydrogens (tertiary/aromatic N) is 3. The Morgan fingerprint density at radius 1 is 0.861 bits per heavy atom. The number of amides is 1. The first-order chi connectivity index (χ1) is 17.5. The molecule has 1 aromatic heterocycles. The number of nitrogens with one attached hydrogen (secondary N) is 1. The highest BCUT2D eigenvalue weighted by Crippen LogP contribution is 2.26. The molecular weight excluding hydrogens is 448 g/mol. The van der Waals surface area contributed by atoms with Crippen molar-refractivity contribution in [3.63, 3.8) is 0 Å². The van der Waals surface area contributed by atoms with Gasteiger partial charge in [0.15, 0.2) is 5.82 Å². The van der Waals surface area contributed by atoms with Crippen LogP contribution in [0.2, 0.25) is 0 Å². The molecule has 5 rings (SSSR count). The molecule has 0 bridgehead atoms. The van der Waals surface area contributed by atoms with E-state index in [1.807, 2.05) is 38.4 Å². The summed E-state index contributed by atoms with van der Waals surface area (Å²) in [5.74, 6) is 0.972. The number of carbonyl (C=O) groups is 1. The Kier molecular flexibility index (Phi) is 6.78. The van der Waals surface area contributed by atoms with Crippen molar-refractivity contribution in [3.05, 3.63) is 108 Å². The first kappa shape index (κ1) is 23.7. The highest BCUT2D eigenvalue weighted by molar-refractivity contribution is 5.85. The summed E-state index contributed by atoms with van der Waals surface area (Å²) in [6.45, 7) is 1.79. The van der Waals surface area contributed by atoms with E-state index >= 15 is 0 Å². The summed E-state index contributed by atoms with van der Waals surface area (Å²) in [6, 6.07) is 28.5. The van der Waals surface area contributed by atoms with E-state index in [-0.39, 0.29) is 18.0 Å². The molecule has 1 heterocycles. The molecule has 6 nitrogen and oxygen atoms in total. The Hall–Kier alpha value is -4.03. The monoisotopic (exact) mass is 478 g/mol. The lowest BCUT2D eigenvalue weighted by atomic mass is 9.98. The highest BCUT2D eigenvalue weighted by atomic mass is 16.5.